The predicted octanol–water partition coefficient (Wildman–Crippen LogP) is 4.14. The molecule has 6 rings (SSSR count). The average Bonchev–Trinajstić information content (AvgIpc) is 3.49. The zero-order chi connectivity index (χ0) is 21.1. The van der Waals surface area contributed by atoms with Crippen LogP contribution in [0.5, 0.6) is 0 Å². The van der Waals surface area contributed by atoms with Crippen LogP contribution in [0.2, 0.25) is 5.02 Å². The Hall–Kier alpha value is -3.17. The van der Waals surface area contributed by atoms with Crippen LogP contribution in [0.25, 0.3) is 16.6 Å². The van der Waals surface area contributed by atoms with Crippen molar-refractivity contribution < 1.29 is 4.79 Å². The molecule has 0 radical (unpaired) electrons. The van der Waals surface area contributed by atoms with Crippen LogP contribution >= 0.6 is 27.5 Å². The van der Waals surface area contributed by atoms with E-state index >= 15 is 0 Å². The highest BCUT2D eigenvalue weighted by molar-refractivity contribution is 9.10. The number of nitrogens with one attached hydrogen (secondary N) is 2. The smallest absolute Gasteiger partial charge is 0.258 e. The quantitative estimate of drug-likeness (QED) is 0.384. The third-order valence-corrected chi connectivity index (χ3v) is 6.35. The highest BCUT2D eigenvalue weighted by atomic mass is 79.9. The molecule has 10 heteroatoms. The molecule has 31 heavy (non-hydrogen) atoms. The van der Waals surface area contributed by atoms with Crippen molar-refractivity contribution in [3.05, 3.63) is 81.3 Å². The zero-order valence-electron chi connectivity index (χ0n) is 16.0. The molecule has 0 bridgehead atoms. The lowest BCUT2D eigenvalue weighted by Crippen LogP contribution is -2.41. The zero-order valence-corrected chi connectivity index (χ0v) is 18.4. The van der Waals surface area contributed by atoms with Gasteiger partial charge in [-0.2, -0.15) is 5.10 Å². The second-order valence-corrected chi connectivity index (χ2v) is 8.79. The molecule has 4 aromatic heterocycles. The van der Waals surface area contributed by atoms with Crippen LogP contribution in [0.15, 0.2) is 53.5 Å². The Labute approximate surface area is 189 Å². The Bertz CT molecular complexity index is 1470. The summed E-state index contributed by atoms with van der Waals surface area (Å²) in [4.78, 5) is 31.4. The van der Waals surface area contributed by atoms with Crippen LogP contribution < -0.4 is 0 Å². The fourth-order valence-electron chi connectivity index (χ4n) is 4.18. The summed E-state index contributed by atoms with van der Waals surface area (Å²) in [5.41, 5.74) is 4.69. The summed E-state index contributed by atoms with van der Waals surface area (Å²) >= 11 is 9.67. The van der Waals surface area contributed by atoms with Gasteiger partial charge in [0.25, 0.3) is 5.91 Å². The Morgan fingerprint density at radius 2 is 2.16 bits per heavy atom. The molecular weight excluding hydrogens is 482 g/mol. The summed E-state index contributed by atoms with van der Waals surface area (Å²) in [6.45, 7) is 0.525. The molecule has 0 unspecified atom stereocenters. The van der Waals surface area contributed by atoms with Crippen molar-refractivity contribution in [3.8, 4) is 0 Å². The van der Waals surface area contributed by atoms with E-state index in [0.717, 1.165) is 26.9 Å². The molecule has 8 nitrogen and oxygen atoms in total. The molecule has 5 aromatic rings. The fourth-order valence-corrected chi connectivity index (χ4v) is 4.70. The first-order chi connectivity index (χ1) is 15.1. The molecule has 1 aliphatic heterocycles. The van der Waals surface area contributed by atoms with Gasteiger partial charge in [0, 0.05) is 34.4 Å². The normalized spacial score (nSPS) is 16.2. The Kier molecular flexibility index (Phi) is 4.15. The van der Waals surface area contributed by atoms with Crippen LogP contribution in [0, 0.1) is 0 Å². The number of benzene rings is 1. The topological polar surface area (TPSA) is 95.0 Å². The number of aromatic nitrogens is 6. The first-order valence-electron chi connectivity index (χ1n) is 9.69. The Morgan fingerprint density at radius 1 is 1.26 bits per heavy atom. The van der Waals surface area contributed by atoms with E-state index in [1.807, 2.05) is 18.2 Å². The number of hydrogen-bond donors (Lipinski definition) is 2. The molecule has 1 amide bonds. The molecule has 1 atom stereocenters. The number of H-pyrrole nitrogens is 2. The minimum Gasteiger partial charge on any atom is -0.348 e. The molecule has 0 aliphatic carbocycles. The monoisotopic (exact) mass is 495 g/mol. The van der Waals surface area contributed by atoms with Crippen molar-refractivity contribution >= 4 is 50.0 Å². The van der Waals surface area contributed by atoms with Gasteiger partial charge in [0.05, 0.1) is 40.3 Å². The summed E-state index contributed by atoms with van der Waals surface area (Å²) < 4.78 is 2.60. The van der Waals surface area contributed by atoms with Gasteiger partial charge in [-0.25, -0.2) is 14.5 Å². The highest BCUT2D eigenvalue weighted by Gasteiger charge is 2.37. The average molecular weight is 497 g/mol. The van der Waals surface area contributed by atoms with E-state index in [-0.39, 0.29) is 5.91 Å². The molecular formula is C21H15BrClN7O. The van der Waals surface area contributed by atoms with Gasteiger partial charge in [-0.05, 0) is 30.3 Å². The summed E-state index contributed by atoms with van der Waals surface area (Å²) in [5.74, 6) is 0.529. The Balaban J connectivity index is 1.49. The second kappa shape index (κ2) is 6.93. The van der Waals surface area contributed by atoms with E-state index in [9.17, 15) is 4.79 Å². The van der Waals surface area contributed by atoms with E-state index in [4.69, 9.17) is 16.6 Å². The molecule has 0 fully saturated rings. The number of amides is 1. The van der Waals surface area contributed by atoms with Crippen molar-refractivity contribution in [2.24, 2.45) is 0 Å². The van der Waals surface area contributed by atoms with Gasteiger partial charge >= 0.3 is 0 Å². The van der Waals surface area contributed by atoms with Crippen LogP contribution in [-0.4, -0.2) is 46.9 Å². The van der Waals surface area contributed by atoms with Crippen LogP contribution in [0.3, 0.4) is 0 Å². The molecule has 0 saturated carbocycles. The van der Waals surface area contributed by atoms with Crippen molar-refractivity contribution in [1.29, 1.82) is 0 Å². The second-order valence-electron chi connectivity index (χ2n) is 7.43. The maximum absolute atomic E-state index is 13.7. The number of hydrogen-bond acceptors (Lipinski definition) is 4. The summed E-state index contributed by atoms with van der Waals surface area (Å²) in [5, 5.41) is 4.86. The lowest BCUT2D eigenvalue weighted by atomic mass is 10.0. The standard InChI is InChI=1S/C21H15BrClN7O/c22-11-1-2-14-16(7-11)28-20(27-14)19-18-15(24-10-25-18)4-5-29(19)21(31)13-9-26-30-6-3-12(23)8-17(13)30/h1-3,6-10,19H,4-5H2,(H,24,25)(H,27,28)/t19-/m0/s1. The van der Waals surface area contributed by atoms with Crippen molar-refractivity contribution in [3.63, 3.8) is 0 Å². The predicted molar refractivity (Wildman–Crippen MR) is 119 cm³/mol. The van der Waals surface area contributed by atoms with Gasteiger partial charge in [0.2, 0.25) is 0 Å². The Morgan fingerprint density at radius 3 is 3.06 bits per heavy atom. The van der Waals surface area contributed by atoms with Gasteiger partial charge in [0.15, 0.2) is 0 Å². The first-order valence-corrected chi connectivity index (χ1v) is 10.9. The molecule has 1 aliphatic rings. The number of aromatic amines is 2. The number of imidazole rings is 2. The molecule has 2 N–H and O–H groups in total. The van der Waals surface area contributed by atoms with E-state index in [0.29, 0.717) is 34.9 Å². The SMILES string of the molecule is O=C(c1cnn2ccc(Cl)cc12)N1CCc2[nH]cnc2[C@H]1c1nc2ccc(Br)cc2[nH]1. The van der Waals surface area contributed by atoms with Crippen LogP contribution in [0.4, 0.5) is 0 Å². The maximum Gasteiger partial charge on any atom is 0.258 e. The number of carbonyl (C=O) groups excluding carboxylic acids is 1. The molecule has 1 aromatic carbocycles. The van der Waals surface area contributed by atoms with E-state index in [1.54, 1.807) is 40.3 Å². The van der Waals surface area contributed by atoms with E-state index < -0.39 is 6.04 Å². The third-order valence-electron chi connectivity index (χ3n) is 5.62. The minimum absolute atomic E-state index is 0.141. The number of fused-ring (bicyclic) bond motifs is 3. The lowest BCUT2D eigenvalue weighted by molar-refractivity contribution is 0.0686. The fraction of sp³-hybridized carbons (Fsp3) is 0.143. The van der Waals surface area contributed by atoms with Crippen molar-refractivity contribution in [2.75, 3.05) is 6.54 Å². The lowest BCUT2D eigenvalue weighted by Gasteiger charge is -2.33. The molecule has 5 heterocycles. The van der Waals surface area contributed by atoms with Gasteiger partial charge in [-0.15, -0.1) is 0 Å². The van der Waals surface area contributed by atoms with Crippen molar-refractivity contribution in [2.45, 2.75) is 12.5 Å². The van der Waals surface area contributed by atoms with E-state index in [1.165, 1.54) is 0 Å². The number of pyridine rings is 1. The minimum atomic E-state index is -0.442. The highest BCUT2D eigenvalue weighted by Crippen LogP contribution is 2.35. The summed E-state index contributed by atoms with van der Waals surface area (Å²) in [6.07, 6.45) is 5.68. The molecule has 154 valence electrons. The number of carbonyl (C=O) groups is 1. The molecule has 0 saturated heterocycles. The van der Waals surface area contributed by atoms with Gasteiger partial charge in [-0.3, -0.25) is 4.79 Å². The van der Waals surface area contributed by atoms with Crippen molar-refractivity contribution in [1.82, 2.24) is 34.4 Å². The van der Waals surface area contributed by atoms with Crippen LogP contribution in [-0.2, 0) is 6.42 Å². The third kappa shape index (κ3) is 2.95. The largest absolute Gasteiger partial charge is 0.348 e. The van der Waals surface area contributed by atoms with Gasteiger partial charge in [-0.1, -0.05) is 27.5 Å². The first kappa shape index (κ1) is 18.6. The number of halogens is 2. The summed E-state index contributed by atoms with van der Waals surface area (Å²) in [6, 6.07) is 8.90. The molecule has 0 spiro atoms. The van der Waals surface area contributed by atoms with Gasteiger partial charge < -0.3 is 14.9 Å². The van der Waals surface area contributed by atoms with Crippen LogP contribution in [0.1, 0.15) is 33.6 Å². The van der Waals surface area contributed by atoms with Gasteiger partial charge in [0.1, 0.15) is 11.9 Å². The van der Waals surface area contributed by atoms with E-state index in [2.05, 4.69) is 36.0 Å². The summed E-state index contributed by atoms with van der Waals surface area (Å²) in [7, 11) is 0. The maximum atomic E-state index is 13.7. The number of rotatable bonds is 2. The number of nitrogens with zero attached hydrogens (tertiary/aromatic N) is 5.